The van der Waals surface area contributed by atoms with Crippen LogP contribution in [0.4, 0.5) is 5.13 Å². The van der Waals surface area contributed by atoms with Crippen LogP contribution in [0.15, 0.2) is 35.2 Å². The Morgan fingerprint density at radius 2 is 1.93 bits per heavy atom. The summed E-state index contributed by atoms with van der Waals surface area (Å²) < 4.78 is 32.3. The summed E-state index contributed by atoms with van der Waals surface area (Å²) in [5.41, 5.74) is 1.07. The number of nitrogens with zero attached hydrogens (tertiary/aromatic N) is 1. The molecule has 0 atom stereocenters. The van der Waals surface area contributed by atoms with E-state index >= 15 is 0 Å². The number of carbonyl (C=O) groups excluding carboxylic acids is 2. The Kier molecular flexibility index (Phi) is 6.70. The summed E-state index contributed by atoms with van der Waals surface area (Å²) >= 11 is 0.915. The van der Waals surface area contributed by atoms with Crippen LogP contribution in [0.3, 0.4) is 0 Å². The number of carbonyl (C=O) groups is 2. The molecule has 10 heteroatoms. The van der Waals surface area contributed by atoms with E-state index in [1.54, 1.807) is 32.1 Å². The Balaban J connectivity index is 2.17. The lowest BCUT2D eigenvalue weighted by Gasteiger charge is -2.05. The van der Waals surface area contributed by atoms with E-state index in [4.69, 9.17) is 4.74 Å². The van der Waals surface area contributed by atoms with Gasteiger partial charge in [-0.05, 0) is 37.6 Å². The second kappa shape index (κ2) is 8.78. The van der Waals surface area contributed by atoms with Gasteiger partial charge in [0.1, 0.15) is 4.88 Å². The van der Waals surface area contributed by atoms with Gasteiger partial charge < -0.3 is 10.1 Å². The summed E-state index contributed by atoms with van der Waals surface area (Å²) in [5.74, 6) is -0.796. The van der Waals surface area contributed by atoms with Gasteiger partial charge in [-0.1, -0.05) is 23.5 Å². The Bertz CT molecular complexity index is 963. The Hall–Kier alpha value is -2.72. The van der Waals surface area contributed by atoms with Crippen molar-refractivity contribution < 1.29 is 22.7 Å². The van der Waals surface area contributed by atoms with Gasteiger partial charge in [-0.3, -0.25) is 9.52 Å². The number of aromatic nitrogens is 1. The van der Waals surface area contributed by atoms with Gasteiger partial charge in [0, 0.05) is 13.1 Å². The van der Waals surface area contributed by atoms with Gasteiger partial charge in [0.15, 0.2) is 5.13 Å². The van der Waals surface area contributed by atoms with Crippen LogP contribution >= 0.6 is 11.3 Å². The van der Waals surface area contributed by atoms with Gasteiger partial charge in [0.25, 0.3) is 10.0 Å². The van der Waals surface area contributed by atoms with Crippen LogP contribution in [0, 0.1) is 6.92 Å². The molecule has 0 bridgehead atoms. The molecule has 0 fully saturated rings. The Morgan fingerprint density at radius 3 is 2.52 bits per heavy atom. The third-order valence-electron chi connectivity index (χ3n) is 3.34. The van der Waals surface area contributed by atoms with Gasteiger partial charge in [0.2, 0.25) is 5.91 Å². The molecule has 0 aliphatic rings. The molecule has 0 radical (unpaired) electrons. The summed E-state index contributed by atoms with van der Waals surface area (Å²) in [5, 5.41) is 2.53. The number of rotatable bonds is 7. The number of ether oxygens (including phenoxy) is 1. The van der Waals surface area contributed by atoms with Crippen molar-refractivity contribution in [3.63, 3.8) is 0 Å². The van der Waals surface area contributed by atoms with Crippen molar-refractivity contribution in [3.05, 3.63) is 46.5 Å². The fraction of sp³-hybridized carbons (Fsp3) is 0.235. The van der Waals surface area contributed by atoms with Crippen molar-refractivity contribution in [3.8, 4) is 0 Å². The van der Waals surface area contributed by atoms with E-state index in [0.29, 0.717) is 11.3 Å². The molecule has 2 rings (SSSR count). The highest BCUT2D eigenvalue weighted by Crippen LogP contribution is 2.26. The number of esters is 1. The van der Waals surface area contributed by atoms with Crippen molar-refractivity contribution in [2.24, 2.45) is 0 Å². The molecular weight excluding hydrogens is 390 g/mol. The van der Waals surface area contributed by atoms with E-state index in [-0.39, 0.29) is 27.4 Å². The third kappa shape index (κ3) is 5.38. The van der Waals surface area contributed by atoms with Crippen molar-refractivity contribution in [1.82, 2.24) is 10.3 Å². The standard InChI is InChI=1S/C17H19N3O5S2/c1-4-25-16(22)15-11(2)19-17(26-15)20-27(23,24)13-8-5-12(6-9-13)7-10-14(21)18-3/h5-10H,4H2,1-3H3,(H,18,21)(H,19,20)/b10-7+. The first-order valence-corrected chi connectivity index (χ1v) is 10.2. The lowest BCUT2D eigenvalue weighted by atomic mass is 10.2. The number of hydrogen-bond donors (Lipinski definition) is 2. The molecule has 2 aromatic rings. The van der Waals surface area contributed by atoms with Crippen LogP contribution in [0.25, 0.3) is 6.08 Å². The topological polar surface area (TPSA) is 114 Å². The van der Waals surface area contributed by atoms with Crippen molar-refractivity contribution in [1.29, 1.82) is 0 Å². The zero-order valence-electron chi connectivity index (χ0n) is 15.0. The van der Waals surface area contributed by atoms with Crippen LogP contribution in [0.5, 0.6) is 0 Å². The number of thiazole rings is 1. The third-order valence-corrected chi connectivity index (χ3v) is 5.88. The monoisotopic (exact) mass is 409 g/mol. The summed E-state index contributed by atoms with van der Waals surface area (Å²) in [6.07, 6.45) is 2.91. The summed E-state index contributed by atoms with van der Waals surface area (Å²) in [6.45, 7) is 3.51. The molecule has 1 aromatic carbocycles. The fourth-order valence-corrected chi connectivity index (χ4v) is 4.11. The molecule has 1 heterocycles. The molecule has 0 spiro atoms. The smallest absolute Gasteiger partial charge is 0.350 e. The Labute approximate surface area is 161 Å². The molecule has 1 amide bonds. The quantitative estimate of drug-likeness (QED) is 0.535. The van der Waals surface area contributed by atoms with Gasteiger partial charge in [-0.2, -0.15) is 0 Å². The first kappa shape index (κ1) is 20.6. The van der Waals surface area contributed by atoms with Crippen molar-refractivity contribution >= 4 is 44.4 Å². The molecule has 1 aromatic heterocycles. The van der Waals surface area contributed by atoms with E-state index in [1.165, 1.54) is 25.3 Å². The second-order valence-electron chi connectivity index (χ2n) is 5.28. The minimum absolute atomic E-state index is 0.0325. The molecule has 0 aliphatic heterocycles. The number of nitrogens with one attached hydrogen (secondary N) is 2. The minimum Gasteiger partial charge on any atom is -0.462 e. The van der Waals surface area contributed by atoms with E-state index in [2.05, 4.69) is 15.0 Å². The lowest BCUT2D eigenvalue weighted by molar-refractivity contribution is -0.115. The molecule has 144 valence electrons. The number of anilines is 1. The van der Waals surface area contributed by atoms with Crippen LogP contribution in [-0.2, 0) is 19.6 Å². The number of aryl methyl sites for hydroxylation is 1. The maximum atomic E-state index is 12.5. The fourth-order valence-electron chi connectivity index (χ4n) is 2.01. The molecule has 8 nitrogen and oxygen atoms in total. The van der Waals surface area contributed by atoms with E-state index in [1.807, 2.05) is 0 Å². The highest BCUT2D eigenvalue weighted by atomic mass is 32.2. The normalized spacial score (nSPS) is 11.4. The SMILES string of the molecule is CCOC(=O)c1sc(NS(=O)(=O)c2ccc(/C=C/C(=O)NC)cc2)nc1C. The number of amides is 1. The zero-order valence-corrected chi connectivity index (χ0v) is 16.6. The molecule has 0 unspecified atom stereocenters. The first-order valence-electron chi connectivity index (χ1n) is 7.94. The second-order valence-corrected chi connectivity index (χ2v) is 7.96. The summed E-state index contributed by atoms with van der Waals surface area (Å²) in [4.78, 5) is 27.4. The maximum Gasteiger partial charge on any atom is 0.350 e. The lowest BCUT2D eigenvalue weighted by Crippen LogP contribution is -2.14. The number of sulfonamides is 1. The zero-order chi connectivity index (χ0) is 20.0. The largest absolute Gasteiger partial charge is 0.462 e. The average Bonchev–Trinajstić information content (AvgIpc) is 2.99. The maximum absolute atomic E-state index is 12.5. The first-order chi connectivity index (χ1) is 12.8. The predicted octanol–water partition coefficient (Wildman–Crippen LogP) is 2.19. The summed E-state index contributed by atoms with van der Waals surface area (Å²) in [7, 11) is -2.35. The molecule has 27 heavy (non-hydrogen) atoms. The van der Waals surface area contributed by atoms with Crippen LogP contribution in [-0.4, -0.2) is 38.9 Å². The molecule has 0 saturated carbocycles. The van der Waals surface area contributed by atoms with Crippen molar-refractivity contribution in [2.75, 3.05) is 18.4 Å². The number of benzene rings is 1. The summed E-state index contributed by atoms with van der Waals surface area (Å²) in [6, 6.07) is 5.98. The van der Waals surface area contributed by atoms with Crippen LogP contribution in [0.1, 0.15) is 27.9 Å². The number of likely N-dealkylation sites (N-methyl/N-ethyl adjacent to an activating group) is 1. The predicted molar refractivity (Wildman–Crippen MR) is 103 cm³/mol. The van der Waals surface area contributed by atoms with Gasteiger partial charge >= 0.3 is 5.97 Å². The Morgan fingerprint density at radius 1 is 1.26 bits per heavy atom. The molecule has 2 N–H and O–H groups in total. The highest BCUT2D eigenvalue weighted by molar-refractivity contribution is 7.93. The molecule has 0 saturated heterocycles. The highest BCUT2D eigenvalue weighted by Gasteiger charge is 2.20. The van der Waals surface area contributed by atoms with Gasteiger partial charge in [-0.15, -0.1) is 0 Å². The minimum atomic E-state index is -3.87. The van der Waals surface area contributed by atoms with Crippen molar-refractivity contribution in [2.45, 2.75) is 18.7 Å². The van der Waals surface area contributed by atoms with Crippen LogP contribution in [0.2, 0.25) is 0 Å². The van der Waals surface area contributed by atoms with Gasteiger partial charge in [0.05, 0.1) is 17.2 Å². The van der Waals surface area contributed by atoms with Crippen LogP contribution < -0.4 is 10.0 Å². The molecule has 0 aliphatic carbocycles. The van der Waals surface area contributed by atoms with E-state index < -0.39 is 16.0 Å². The van der Waals surface area contributed by atoms with E-state index in [9.17, 15) is 18.0 Å². The molecular formula is C17H19N3O5S2. The number of hydrogen-bond acceptors (Lipinski definition) is 7. The van der Waals surface area contributed by atoms with Gasteiger partial charge in [-0.25, -0.2) is 18.2 Å². The van der Waals surface area contributed by atoms with E-state index in [0.717, 1.165) is 11.3 Å². The average molecular weight is 409 g/mol.